The third-order valence-electron chi connectivity index (χ3n) is 16.0. The normalized spacial score (nSPS) is 44.3. The molecule has 8 rings (SSSR count). The molecule has 6 aliphatic rings. The SMILES string of the molecule is CC(=O)N(Cc1ccccc1)CC1C[C@@H](C)[C@H]2C(O1)[C@H](O)[C@@]1(C)C3CC[C@H]4C(C)(C)[C@@H](OC(=O)c5cccnc5)CC[C@@]45CC35CC[C@]21C. The van der Waals surface area contributed by atoms with Gasteiger partial charge in [0.15, 0.2) is 0 Å². The zero-order valence-corrected chi connectivity index (χ0v) is 30.4. The van der Waals surface area contributed by atoms with Crippen molar-refractivity contribution in [3.8, 4) is 0 Å². The van der Waals surface area contributed by atoms with Gasteiger partial charge in [0.1, 0.15) is 6.10 Å². The Bertz CT molecular complexity index is 1600. The van der Waals surface area contributed by atoms with Crippen LogP contribution < -0.4 is 0 Å². The number of nitrogens with zero attached hydrogens (tertiary/aromatic N) is 2. The first-order valence-electron chi connectivity index (χ1n) is 19.0. The fourth-order valence-corrected chi connectivity index (χ4v) is 13.7. The molecular weight excluding hydrogens is 612 g/mol. The number of hydrogen-bond donors (Lipinski definition) is 1. The largest absolute Gasteiger partial charge is 0.458 e. The molecule has 7 heteroatoms. The summed E-state index contributed by atoms with van der Waals surface area (Å²) < 4.78 is 13.3. The molecular formula is C42H56N2O5. The number of benzene rings is 1. The van der Waals surface area contributed by atoms with Gasteiger partial charge in [-0.15, -0.1) is 0 Å². The van der Waals surface area contributed by atoms with E-state index in [0.717, 1.165) is 44.1 Å². The molecule has 2 aromatic rings. The van der Waals surface area contributed by atoms with E-state index in [4.69, 9.17) is 9.47 Å². The minimum Gasteiger partial charge on any atom is -0.458 e. The van der Waals surface area contributed by atoms with Crippen molar-refractivity contribution < 1.29 is 24.2 Å². The highest BCUT2D eigenvalue weighted by Gasteiger charge is 2.84. The Kier molecular flexibility index (Phi) is 7.74. The van der Waals surface area contributed by atoms with Crippen molar-refractivity contribution in [2.45, 2.75) is 124 Å². The maximum absolute atomic E-state index is 13.1. The van der Waals surface area contributed by atoms with Gasteiger partial charge in [0, 0.05) is 43.2 Å². The predicted octanol–water partition coefficient (Wildman–Crippen LogP) is 7.47. The van der Waals surface area contributed by atoms with Crippen LogP contribution in [-0.2, 0) is 20.8 Å². The quantitative estimate of drug-likeness (QED) is 0.322. The molecule has 7 nitrogen and oxygen atoms in total. The molecule has 1 aromatic carbocycles. The van der Waals surface area contributed by atoms with Gasteiger partial charge in [0.25, 0.3) is 0 Å². The van der Waals surface area contributed by atoms with Crippen LogP contribution in [0.2, 0.25) is 0 Å². The second-order valence-electron chi connectivity index (χ2n) is 18.2. The summed E-state index contributed by atoms with van der Waals surface area (Å²) in [6, 6.07) is 13.8. The smallest absolute Gasteiger partial charge is 0.339 e. The van der Waals surface area contributed by atoms with Crippen LogP contribution in [0.5, 0.6) is 0 Å². The van der Waals surface area contributed by atoms with Crippen molar-refractivity contribution in [3.05, 3.63) is 66.0 Å². The van der Waals surface area contributed by atoms with Crippen LogP contribution in [0.15, 0.2) is 54.9 Å². The average Bonchev–Trinajstić information content (AvgIpc) is 3.71. The summed E-state index contributed by atoms with van der Waals surface area (Å²) >= 11 is 0. The Balaban J connectivity index is 1.02. The molecule has 5 aliphatic carbocycles. The summed E-state index contributed by atoms with van der Waals surface area (Å²) in [5.74, 6) is 1.43. The van der Waals surface area contributed by atoms with Crippen LogP contribution in [0, 0.1) is 50.7 Å². The van der Waals surface area contributed by atoms with Crippen molar-refractivity contribution in [1.29, 1.82) is 0 Å². The molecule has 2 heterocycles. The molecule has 12 atom stereocenters. The van der Waals surface area contributed by atoms with E-state index >= 15 is 0 Å². The van der Waals surface area contributed by atoms with E-state index < -0.39 is 6.10 Å². The maximum atomic E-state index is 13.1. The number of carbonyl (C=O) groups excluding carboxylic acids is 2. The molecule has 1 aliphatic heterocycles. The van der Waals surface area contributed by atoms with E-state index in [2.05, 4.69) is 51.7 Å². The molecule has 1 aromatic heterocycles. The van der Waals surface area contributed by atoms with Crippen LogP contribution in [0.3, 0.4) is 0 Å². The first-order chi connectivity index (χ1) is 23.3. The lowest BCUT2D eigenvalue weighted by Crippen LogP contribution is -2.60. The third kappa shape index (κ3) is 4.62. The van der Waals surface area contributed by atoms with Crippen molar-refractivity contribution in [1.82, 2.24) is 9.88 Å². The standard InChI is InChI=1S/C42H56N2O5/c1-26-21-30(24-44(27(2)45)23-28-11-8-7-9-12-28)48-35-34(26)39(5)18-19-42-25-41(42)17-16-33(49-37(47)29-13-10-20-43-22-29)38(3,4)31(41)14-15-32(42)40(39,6)36(35)46/h7-13,20,22,26,30-36,46H,14-19,21,23-25H2,1-6H3/t26-,30?,31+,32?,33+,34+,35?,36+,39-,40-,41-,42?/m1/s1. The molecule has 0 radical (unpaired) electrons. The number of aliphatic hydroxyl groups is 1. The summed E-state index contributed by atoms with van der Waals surface area (Å²) in [5.41, 5.74) is 1.75. The van der Waals surface area contributed by atoms with Gasteiger partial charge in [0.05, 0.1) is 23.9 Å². The number of carbonyl (C=O) groups is 2. The highest BCUT2D eigenvalue weighted by atomic mass is 16.5. The van der Waals surface area contributed by atoms with Gasteiger partial charge in [-0.25, -0.2) is 4.79 Å². The number of hydrogen-bond acceptors (Lipinski definition) is 6. The molecule has 1 amide bonds. The monoisotopic (exact) mass is 668 g/mol. The van der Waals surface area contributed by atoms with E-state index in [1.807, 2.05) is 23.1 Å². The highest BCUT2D eigenvalue weighted by molar-refractivity contribution is 5.89. The second kappa shape index (κ2) is 11.4. The van der Waals surface area contributed by atoms with E-state index in [0.29, 0.717) is 42.3 Å². The maximum Gasteiger partial charge on any atom is 0.339 e. The van der Waals surface area contributed by atoms with Crippen LogP contribution >= 0.6 is 0 Å². The summed E-state index contributed by atoms with van der Waals surface area (Å²) in [7, 11) is 0. The van der Waals surface area contributed by atoms with Crippen molar-refractivity contribution >= 4 is 11.9 Å². The predicted molar refractivity (Wildman–Crippen MR) is 187 cm³/mol. The Hall–Kier alpha value is -2.77. The topological polar surface area (TPSA) is 89.0 Å². The van der Waals surface area contributed by atoms with E-state index in [9.17, 15) is 14.7 Å². The van der Waals surface area contributed by atoms with Gasteiger partial charge >= 0.3 is 5.97 Å². The zero-order chi connectivity index (χ0) is 34.6. The lowest BCUT2D eigenvalue weighted by molar-refractivity contribution is -0.183. The summed E-state index contributed by atoms with van der Waals surface area (Å²) in [4.78, 5) is 32.0. The Morgan fingerprint density at radius 1 is 0.980 bits per heavy atom. The fraction of sp³-hybridized carbons (Fsp3) is 0.690. The molecule has 0 bridgehead atoms. The van der Waals surface area contributed by atoms with E-state index in [1.165, 1.54) is 12.8 Å². The van der Waals surface area contributed by atoms with Crippen molar-refractivity contribution in [2.75, 3.05) is 6.54 Å². The first-order valence-corrected chi connectivity index (χ1v) is 19.0. The van der Waals surface area contributed by atoms with Gasteiger partial charge in [-0.2, -0.15) is 0 Å². The summed E-state index contributed by atoms with van der Waals surface area (Å²) in [6.07, 6.45) is 11.0. The molecule has 1 N–H and O–H groups in total. The van der Waals surface area contributed by atoms with Crippen LogP contribution in [-0.4, -0.2) is 57.8 Å². The first kappa shape index (κ1) is 33.4. The minimum atomic E-state index is -0.534. The van der Waals surface area contributed by atoms with Gasteiger partial charge in [-0.1, -0.05) is 65.0 Å². The van der Waals surface area contributed by atoms with Gasteiger partial charge in [-0.05, 0) is 109 Å². The number of amides is 1. The number of pyridine rings is 1. The molecule has 6 fully saturated rings. The lowest BCUT2D eigenvalue weighted by atomic mass is 9.41. The van der Waals surface area contributed by atoms with Crippen molar-refractivity contribution in [3.63, 3.8) is 0 Å². The molecule has 2 spiro atoms. The van der Waals surface area contributed by atoms with Crippen molar-refractivity contribution in [2.24, 2.45) is 50.7 Å². The number of fused-ring (bicyclic) bond motifs is 4. The van der Waals surface area contributed by atoms with E-state index in [1.54, 1.807) is 31.5 Å². The van der Waals surface area contributed by atoms with Gasteiger partial charge in [-0.3, -0.25) is 9.78 Å². The Morgan fingerprint density at radius 2 is 1.71 bits per heavy atom. The molecule has 5 saturated carbocycles. The zero-order valence-electron chi connectivity index (χ0n) is 30.4. The van der Waals surface area contributed by atoms with Gasteiger partial charge in [0.2, 0.25) is 5.91 Å². The van der Waals surface area contributed by atoms with Crippen LogP contribution in [0.25, 0.3) is 0 Å². The second-order valence-corrected chi connectivity index (χ2v) is 18.2. The van der Waals surface area contributed by atoms with Crippen LogP contribution in [0.4, 0.5) is 0 Å². The number of ether oxygens (including phenoxy) is 2. The third-order valence-corrected chi connectivity index (χ3v) is 16.0. The molecule has 4 unspecified atom stereocenters. The summed E-state index contributed by atoms with van der Waals surface area (Å²) in [6.45, 7) is 14.8. The summed E-state index contributed by atoms with van der Waals surface area (Å²) in [5, 5.41) is 12.6. The number of rotatable bonds is 6. The lowest BCUT2D eigenvalue weighted by Gasteiger charge is -2.63. The molecule has 264 valence electrons. The van der Waals surface area contributed by atoms with Gasteiger partial charge < -0.3 is 19.5 Å². The highest BCUT2D eigenvalue weighted by Crippen LogP contribution is 2.89. The molecule has 1 saturated heterocycles. The average molecular weight is 669 g/mol. The van der Waals surface area contributed by atoms with E-state index in [-0.39, 0.29) is 57.3 Å². The van der Waals surface area contributed by atoms with Crippen LogP contribution in [0.1, 0.15) is 109 Å². The minimum absolute atomic E-state index is 0.00965. The fourth-order valence-electron chi connectivity index (χ4n) is 13.7. The molecule has 49 heavy (non-hydrogen) atoms. The number of aliphatic hydroxyl groups excluding tert-OH is 1. The Morgan fingerprint density at radius 3 is 2.43 bits per heavy atom. The number of esters is 1. The number of aromatic nitrogens is 1. The Labute approximate surface area is 292 Å².